The average Bonchev–Trinajstić information content (AvgIpc) is 2.53. The predicted octanol–water partition coefficient (Wildman–Crippen LogP) is 3.66. The molecular weight excluding hydrogens is 242 g/mol. The molecule has 0 aliphatic rings. The Morgan fingerprint density at radius 1 is 0.800 bits per heavy atom. The lowest BCUT2D eigenvalue weighted by Crippen LogP contribution is -2.83. The van der Waals surface area contributed by atoms with Gasteiger partial charge in [0.05, 0.1) is 0 Å². The molecule has 3 aromatic carbocycles. The third kappa shape index (κ3) is 2.73. The number of benzene rings is 3. The van der Waals surface area contributed by atoms with Gasteiger partial charge in [0.15, 0.2) is 0 Å². The first kappa shape index (κ1) is 12.9. The Bertz CT molecular complexity index is 683. The Hall–Kier alpha value is -2.12. The van der Waals surface area contributed by atoms with Crippen LogP contribution < -0.4 is 5.32 Å². The van der Waals surface area contributed by atoms with E-state index in [1.54, 1.807) is 0 Å². The van der Waals surface area contributed by atoms with Crippen molar-refractivity contribution in [3.63, 3.8) is 0 Å². The average molecular weight is 262 g/mol. The van der Waals surface area contributed by atoms with Crippen LogP contribution in [-0.2, 0) is 6.54 Å². The Labute approximate surface area is 120 Å². The maximum atomic E-state index is 2.40. The van der Waals surface area contributed by atoms with Crippen LogP contribution in [0.25, 0.3) is 10.8 Å². The largest absolute Gasteiger partial charge is 0.337 e. The van der Waals surface area contributed by atoms with E-state index in [0.29, 0.717) is 6.04 Å². The topological polar surface area (TPSA) is 16.6 Å². The summed E-state index contributed by atoms with van der Waals surface area (Å²) in [5.74, 6) is 0. The van der Waals surface area contributed by atoms with Crippen LogP contribution in [0.3, 0.4) is 0 Å². The summed E-state index contributed by atoms with van der Waals surface area (Å²) < 4.78 is 0. The highest BCUT2D eigenvalue weighted by molar-refractivity contribution is 5.85. The summed E-state index contributed by atoms with van der Waals surface area (Å²) in [4.78, 5) is 0. The standard InChI is InChI=1S/C19H19N/c1-15(16-8-3-2-4-9-16)20-14-18-12-7-11-17-10-5-6-13-19(17)18/h2-13,15,20H,14H2,1H3/p+1/t15-/m0/s1. The molecule has 0 spiro atoms. The van der Waals surface area contributed by atoms with Crippen LogP contribution in [0.1, 0.15) is 24.1 Å². The molecule has 3 rings (SSSR count). The second-order valence-corrected chi connectivity index (χ2v) is 5.28. The van der Waals surface area contributed by atoms with Gasteiger partial charge in [-0.25, -0.2) is 0 Å². The van der Waals surface area contributed by atoms with Gasteiger partial charge < -0.3 is 5.32 Å². The molecule has 0 amide bonds. The van der Waals surface area contributed by atoms with Gasteiger partial charge in [-0.1, -0.05) is 72.8 Å². The van der Waals surface area contributed by atoms with Crippen LogP contribution >= 0.6 is 0 Å². The SMILES string of the molecule is C[C@H]([NH2+]Cc1cccc2ccccc12)c1ccccc1. The molecule has 0 saturated heterocycles. The molecule has 0 aliphatic carbocycles. The fourth-order valence-electron chi connectivity index (χ4n) is 2.67. The molecule has 3 aromatic rings. The molecule has 0 bridgehead atoms. The molecule has 1 atom stereocenters. The third-order valence-corrected chi connectivity index (χ3v) is 3.90. The van der Waals surface area contributed by atoms with E-state index in [1.165, 1.54) is 21.9 Å². The second-order valence-electron chi connectivity index (χ2n) is 5.28. The zero-order valence-electron chi connectivity index (χ0n) is 11.8. The fraction of sp³-hybridized carbons (Fsp3) is 0.158. The first-order valence-corrected chi connectivity index (χ1v) is 7.19. The summed E-state index contributed by atoms with van der Waals surface area (Å²) in [7, 11) is 0. The van der Waals surface area contributed by atoms with Crippen molar-refractivity contribution < 1.29 is 5.32 Å². The molecule has 1 heteroatoms. The summed E-state index contributed by atoms with van der Waals surface area (Å²) in [6.45, 7) is 3.28. The Morgan fingerprint density at radius 2 is 1.50 bits per heavy atom. The monoisotopic (exact) mass is 262 g/mol. The lowest BCUT2D eigenvalue weighted by atomic mass is 10.0. The van der Waals surface area contributed by atoms with E-state index in [1.807, 2.05) is 0 Å². The maximum absolute atomic E-state index is 2.40. The van der Waals surface area contributed by atoms with Crippen molar-refractivity contribution in [2.24, 2.45) is 0 Å². The molecule has 0 radical (unpaired) electrons. The van der Waals surface area contributed by atoms with Crippen molar-refractivity contribution >= 4 is 10.8 Å². The van der Waals surface area contributed by atoms with Gasteiger partial charge in [0, 0.05) is 11.1 Å². The molecule has 0 aromatic heterocycles. The van der Waals surface area contributed by atoms with Gasteiger partial charge in [-0.3, -0.25) is 0 Å². The number of hydrogen-bond acceptors (Lipinski definition) is 0. The van der Waals surface area contributed by atoms with Gasteiger partial charge in [-0.2, -0.15) is 0 Å². The quantitative estimate of drug-likeness (QED) is 0.739. The molecule has 20 heavy (non-hydrogen) atoms. The summed E-state index contributed by atoms with van der Waals surface area (Å²) in [5.41, 5.74) is 2.79. The van der Waals surface area contributed by atoms with Gasteiger partial charge in [-0.05, 0) is 17.7 Å². The lowest BCUT2D eigenvalue weighted by Gasteiger charge is -2.12. The van der Waals surface area contributed by atoms with E-state index in [-0.39, 0.29) is 0 Å². The summed E-state index contributed by atoms with van der Waals surface area (Å²) in [6, 6.07) is 26.3. The van der Waals surface area contributed by atoms with E-state index < -0.39 is 0 Å². The van der Waals surface area contributed by atoms with Crippen LogP contribution in [0.4, 0.5) is 0 Å². The number of quaternary nitrogens is 1. The molecule has 0 unspecified atom stereocenters. The van der Waals surface area contributed by atoms with Gasteiger partial charge in [0.2, 0.25) is 0 Å². The molecule has 100 valence electrons. The normalized spacial score (nSPS) is 12.4. The smallest absolute Gasteiger partial charge is 0.109 e. The molecule has 0 saturated carbocycles. The third-order valence-electron chi connectivity index (χ3n) is 3.90. The highest BCUT2D eigenvalue weighted by atomic mass is 14.9. The van der Waals surface area contributed by atoms with Crippen LogP contribution in [0.15, 0.2) is 72.8 Å². The van der Waals surface area contributed by atoms with Crippen LogP contribution in [0, 0.1) is 0 Å². The summed E-state index contributed by atoms with van der Waals surface area (Å²) >= 11 is 0. The Kier molecular flexibility index (Phi) is 3.80. The summed E-state index contributed by atoms with van der Waals surface area (Å²) in [5, 5.41) is 5.09. The first-order valence-electron chi connectivity index (χ1n) is 7.19. The summed E-state index contributed by atoms with van der Waals surface area (Å²) in [6.07, 6.45) is 0. The van der Waals surface area contributed by atoms with Gasteiger partial charge in [-0.15, -0.1) is 0 Å². The molecular formula is C19H20N+. The van der Waals surface area contributed by atoms with E-state index in [0.717, 1.165) is 6.54 Å². The van der Waals surface area contributed by atoms with Crippen molar-refractivity contribution in [1.29, 1.82) is 0 Å². The van der Waals surface area contributed by atoms with E-state index in [2.05, 4.69) is 85.0 Å². The van der Waals surface area contributed by atoms with Crippen LogP contribution in [-0.4, -0.2) is 0 Å². The highest BCUT2D eigenvalue weighted by Gasteiger charge is 2.09. The molecule has 0 heterocycles. The molecule has 1 nitrogen and oxygen atoms in total. The van der Waals surface area contributed by atoms with Crippen LogP contribution in [0.5, 0.6) is 0 Å². The Balaban J connectivity index is 1.77. The van der Waals surface area contributed by atoms with Crippen molar-refractivity contribution in [2.75, 3.05) is 0 Å². The number of hydrogen-bond donors (Lipinski definition) is 1. The van der Waals surface area contributed by atoms with E-state index in [9.17, 15) is 0 Å². The van der Waals surface area contributed by atoms with E-state index >= 15 is 0 Å². The minimum Gasteiger partial charge on any atom is -0.337 e. The van der Waals surface area contributed by atoms with Crippen molar-refractivity contribution in [2.45, 2.75) is 19.5 Å². The molecule has 0 aliphatic heterocycles. The number of fused-ring (bicyclic) bond motifs is 1. The minimum atomic E-state index is 0.482. The second kappa shape index (κ2) is 5.89. The van der Waals surface area contributed by atoms with Gasteiger partial charge >= 0.3 is 0 Å². The maximum Gasteiger partial charge on any atom is 0.109 e. The number of rotatable bonds is 4. The molecule has 2 N–H and O–H groups in total. The minimum absolute atomic E-state index is 0.482. The zero-order valence-corrected chi connectivity index (χ0v) is 11.8. The van der Waals surface area contributed by atoms with Crippen LogP contribution in [0.2, 0.25) is 0 Å². The highest BCUT2D eigenvalue weighted by Crippen LogP contribution is 2.17. The Morgan fingerprint density at radius 3 is 2.35 bits per heavy atom. The fourth-order valence-corrected chi connectivity index (χ4v) is 2.67. The van der Waals surface area contributed by atoms with Gasteiger partial charge in [0.1, 0.15) is 12.6 Å². The van der Waals surface area contributed by atoms with Crippen molar-refractivity contribution in [3.8, 4) is 0 Å². The van der Waals surface area contributed by atoms with Gasteiger partial charge in [0.25, 0.3) is 0 Å². The first-order chi connectivity index (χ1) is 9.84. The lowest BCUT2D eigenvalue weighted by molar-refractivity contribution is -0.707. The number of nitrogens with two attached hydrogens (primary N) is 1. The van der Waals surface area contributed by atoms with E-state index in [4.69, 9.17) is 0 Å². The van der Waals surface area contributed by atoms with Crippen molar-refractivity contribution in [3.05, 3.63) is 83.9 Å². The zero-order chi connectivity index (χ0) is 13.8. The van der Waals surface area contributed by atoms with Crippen molar-refractivity contribution in [1.82, 2.24) is 0 Å². The molecule has 0 fully saturated rings. The predicted molar refractivity (Wildman–Crippen MR) is 84.4 cm³/mol.